The first-order valence-electron chi connectivity index (χ1n) is 7.25. The fourth-order valence-electron chi connectivity index (χ4n) is 2.17. The lowest BCUT2D eigenvalue weighted by molar-refractivity contribution is 0.499. The lowest BCUT2D eigenvalue weighted by Crippen LogP contribution is -2.34. The molecule has 0 radical (unpaired) electrons. The zero-order valence-corrected chi connectivity index (χ0v) is 13.3. The molecule has 1 N–H and O–H groups in total. The fourth-order valence-corrected chi connectivity index (χ4v) is 3.19. The third kappa shape index (κ3) is 4.39. The van der Waals surface area contributed by atoms with E-state index in [1.807, 2.05) is 23.6 Å². The van der Waals surface area contributed by atoms with E-state index in [0.717, 1.165) is 37.2 Å². The first kappa shape index (κ1) is 15.1. The van der Waals surface area contributed by atoms with Crippen molar-refractivity contribution in [1.82, 2.24) is 15.3 Å². The van der Waals surface area contributed by atoms with Crippen LogP contribution in [0.3, 0.4) is 0 Å². The Morgan fingerprint density at radius 3 is 2.70 bits per heavy atom. The molecule has 2 aromatic heterocycles. The molecular weight excluding hydrogens is 266 g/mol. The van der Waals surface area contributed by atoms with Gasteiger partial charge >= 0.3 is 0 Å². The van der Waals surface area contributed by atoms with Gasteiger partial charge in [0.05, 0.1) is 10.7 Å². The standard InChI is InChI=1S/C16H23N3S/c1-4-8-17-15(10-14-7-5-6-9-18-14)11-16-19-12(2)13(3)20-16/h5-7,9,15,17H,4,8,10-11H2,1-3H3. The molecule has 4 heteroatoms. The van der Waals surface area contributed by atoms with E-state index in [9.17, 15) is 0 Å². The molecule has 2 rings (SSSR count). The Hall–Kier alpha value is -1.26. The van der Waals surface area contributed by atoms with Gasteiger partial charge in [0.1, 0.15) is 0 Å². The summed E-state index contributed by atoms with van der Waals surface area (Å²) in [5, 5.41) is 4.85. The highest BCUT2D eigenvalue weighted by Crippen LogP contribution is 2.18. The van der Waals surface area contributed by atoms with Gasteiger partial charge in [-0.05, 0) is 38.9 Å². The van der Waals surface area contributed by atoms with Crippen molar-refractivity contribution in [2.75, 3.05) is 6.54 Å². The molecule has 1 unspecified atom stereocenters. The van der Waals surface area contributed by atoms with E-state index in [2.05, 4.69) is 48.2 Å². The second kappa shape index (κ2) is 7.50. The molecule has 0 amide bonds. The predicted octanol–water partition coefficient (Wildman–Crippen LogP) is 3.31. The third-order valence-corrected chi connectivity index (χ3v) is 4.45. The van der Waals surface area contributed by atoms with E-state index < -0.39 is 0 Å². The van der Waals surface area contributed by atoms with E-state index >= 15 is 0 Å². The second-order valence-corrected chi connectivity index (χ2v) is 6.42. The van der Waals surface area contributed by atoms with Crippen molar-refractivity contribution in [3.63, 3.8) is 0 Å². The molecule has 0 aromatic carbocycles. The molecule has 0 fully saturated rings. The van der Waals surface area contributed by atoms with Gasteiger partial charge < -0.3 is 5.32 Å². The van der Waals surface area contributed by atoms with Gasteiger partial charge in [-0.15, -0.1) is 11.3 Å². The van der Waals surface area contributed by atoms with Crippen molar-refractivity contribution in [2.45, 2.75) is 46.1 Å². The minimum absolute atomic E-state index is 0.412. The Morgan fingerprint density at radius 1 is 1.25 bits per heavy atom. The maximum Gasteiger partial charge on any atom is 0.0946 e. The average molecular weight is 289 g/mol. The molecular formula is C16H23N3S. The van der Waals surface area contributed by atoms with Gasteiger partial charge in [0.2, 0.25) is 0 Å². The normalized spacial score (nSPS) is 12.6. The zero-order chi connectivity index (χ0) is 14.4. The van der Waals surface area contributed by atoms with Crippen LogP contribution in [0.5, 0.6) is 0 Å². The molecule has 0 spiro atoms. The third-order valence-electron chi connectivity index (χ3n) is 3.36. The summed E-state index contributed by atoms with van der Waals surface area (Å²) in [4.78, 5) is 10.4. The molecule has 0 aliphatic heterocycles. The minimum atomic E-state index is 0.412. The topological polar surface area (TPSA) is 37.8 Å². The van der Waals surface area contributed by atoms with Crippen LogP contribution < -0.4 is 5.32 Å². The van der Waals surface area contributed by atoms with Crippen LogP contribution >= 0.6 is 11.3 Å². The maximum atomic E-state index is 4.66. The van der Waals surface area contributed by atoms with Crippen LogP contribution in [-0.4, -0.2) is 22.6 Å². The summed E-state index contributed by atoms with van der Waals surface area (Å²) < 4.78 is 0. The van der Waals surface area contributed by atoms with Crippen molar-refractivity contribution < 1.29 is 0 Å². The lowest BCUT2D eigenvalue weighted by Gasteiger charge is -2.17. The highest BCUT2D eigenvalue weighted by molar-refractivity contribution is 7.11. The van der Waals surface area contributed by atoms with E-state index in [1.54, 1.807) is 0 Å². The van der Waals surface area contributed by atoms with Gasteiger partial charge in [-0.25, -0.2) is 4.98 Å². The highest BCUT2D eigenvalue weighted by Gasteiger charge is 2.13. The quantitative estimate of drug-likeness (QED) is 0.850. The van der Waals surface area contributed by atoms with Crippen LogP contribution in [0, 0.1) is 13.8 Å². The summed E-state index contributed by atoms with van der Waals surface area (Å²) >= 11 is 1.82. The van der Waals surface area contributed by atoms with Crippen LogP contribution in [0.15, 0.2) is 24.4 Å². The smallest absolute Gasteiger partial charge is 0.0946 e. The Morgan fingerprint density at radius 2 is 2.10 bits per heavy atom. The first-order valence-corrected chi connectivity index (χ1v) is 8.07. The van der Waals surface area contributed by atoms with Gasteiger partial charge in [0.25, 0.3) is 0 Å². The number of nitrogens with zero attached hydrogens (tertiary/aromatic N) is 2. The van der Waals surface area contributed by atoms with Gasteiger partial charge in [-0.3, -0.25) is 4.98 Å². The molecule has 3 nitrogen and oxygen atoms in total. The van der Waals surface area contributed by atoms with E-state index in [-0.39, 0.29) is 0 Å². The second-order valence-electron chi connectivity index (χ2n) is 5.13. The van der Waals surface area contributed by atoms with Gasteiger partial charge in [0.15, 0.2) is 0 Å². The summed E-state index contributed by atoms with van der Waals surface area (Å²) in [5.74, 6) is 0. The summed E-state index contributed by atoms with van der Waals surface area (Å²) in [6.07, 6.45) is 4.95. The van der Waals surface area contributed by atoms with Crippen molar-refractivity contribution in [2.24, 2.45) is 0 Å². The number of aromatic nitrogens is 2. The maximum absolute atomic E-state index is 4.66. The van der Waals surface area contributed by atoms with Crippen LogP contribution in [-0.2, 0) is 12.8 Å². The number of hydrogen-bond donors (Lipinski definition) is 1. The summed E-state index contributed by atoms with van der Waals surface area (Å²) in [6, 6.07) is 6.52. The largest absolute Gasteiger partial charge is 0.313 e. The fraction of sp³-hybridized carbons (Fsp3) is 0.500. The Balaban J connectivity index is 2.03. The number of aryl methyl sites for hydroxylation is 2. The first-order chi connectivity index (χ1) is 9.69. The van der Waals surface area contributed by atoms with E-state index in [1.165, 1.54) is 9.88 Å². The zero-order valence-electron chi connectivity index (χ0n) is 12.5. The molecule has 2 heterocycles. The molecule has 1 atom stereocenters. The lowest BCUT2D eigenvalue weighted by atomic mass is 10.1. The summed E-state index contributed by atoms with van der Waals surface area (Å²) in [6.45, 7) is 7.47. The van der Waals surface area contributed by atoms with E-state index in [4.69, 9.17) is 0 Å². The molecule has 0 aliphatic carbocycles. The minimum Gasteiger partial charge on any atom is -0.313 e. The van der Waals surface area contributed by atoms with Crippen molar-refractivity contribution in [3.05, 3.63) is 45.7 Å². The van der Waals surface area contributed by atoms with Crippen molar-refractivity contribution in [1.29, 1.82) is 0 Å². The molecule has 0 saturated carbocycles. The van der Waals surface area contributed by atoms with Gasteiger partial charge in [0, 0.05) is 35.7 Å². The number of thiazole rings is 1. The van der Waals surface area contributed by atoms with Crippen LogP contribution in [0.2, 0.25) is 0 Å². The predicted molar refractivity (Wildman–Crippen MR) is 85.3 cm³/mol. The molecule has 2 aromatic rings. The van der Waals surface area contributed by atoms with Gasteiger partial charge in [-0.2, -0.15) is 0 Å². The van der Waals surface area contributed by atoms with Crippen molar-refractivity contribution >= 4 is 11.3 Å². The number of rotatable bonds is 7. The molecule has 108 valence electrons. The Bertz CT molecular complexity index is 502. The monoisotopic (exact) mass is 289 g/mol. The summed E-state index contributed by atoms with van der Waals surface area (Å²) in [7, 11) is 0. The number of nitrogens with one attached hydrogen (secondary N) is 1. The Labute approximate surface area is 125 Å². The van der Waals surface area contributed by atoms with Crippen molar-refractivity contribution in [3.8, 4) is 0 Å². The molecule has 20 heavy (non-hydrogen) atoms. The molecule has 0 bridgehead atoms. The van der Waals surface area contributed by atoms with Gasteiger partial charge in [-0.1, -0.05) is 13.0 Å². The molecule has 0 saturated heterocycles. The van der Waals surface area contributed by atoms with E-state index in [0.29, 0.717) is 6.04 Å². The average Bonchev–Trinajstić information content (AvgIpc) is 2.76. The SMILES string of the molecule is CCCNC(Cc1ccccn1)Cc1nc(C)c(C)s1. The molecule has 0 aliphatic rings. The van der Waals surface area contributed by atoms with Crippen LogP contribution in [0.25, 0.3) is 0 Å². The number of hydrogen-bond acceptors (Lipinski definition) is 4. The highest BCUT2D eigenvalue weighted by atomic mass is 32.1. The number of pyridine rings is 1. The summed E-state index contributed by atoms with van der Waals surface area (Å²) in [5.41, 5.74) is 2.31. The Kier molecular flexibility index (Phi) is 5.68. The van der Waals surface area contributed by atoms with Crippen LogP contribution in [0.4, 0.5) is 0 Å². The van der Waals surface area contributed by atoms with Crippen LogP contribution in [0.1, 0.15) is 34.6 Å².